The van der Waals surface area contributed by atoms with Gasteiger partial charge in [-0.05, 0) is 35.0 Å². The zero-order chi connectivity index (χ0) is 10.1. The van der Waals surface area contributed by atoms with E-state index in [1.54, 1.807) is 13.1 Å². The smallest absolute Gasteiger partial charge is 0.250 e. The topological polar surface area (TPSA) is 54.4 Å². The molecule has 1 atom stereocenters. The predicted octanol–water partition coefficient (Wildman–Crippen LogP) is 1.11. The number of aromatic nitrogens is 1. The third-order valence-electron chi connectivity index (χ3n) is 1.93. The SMILES string of the molecule is CC1N=C(c2ncccc2Br)NC1=O. The highest BCUT2D eigenvalue weighted by Crippen LogP contribution is 2.15. The molecule has 14 heavy (non-hydrogen) atoms. The summed E-state index contributed by atoms with van der Waals surface area (Å²) in [5.74, 6) is 0.451. The lowest BCUT2D eigenvalue weighted by atomic mass is 10.3. The molecule has 4 nitrogen and oxygen atoms in total. The molecule has 72 valence electrons. The average molecular weight is 254 g/mol. The molecule has 2 rings (SSSR count). The van der Waals surface area contributed by atoms with E-state index >= 15 is 0 Å². The van der Waals surface area contributed by atoms with Crippen molar-refractivity contribution >= 4 is 27.7 Å². The highest BCUT2D eigenvalue weighted by Gasteiger charge is 2.24. The predicted molar refractivity (Wildman–Crippen MR) is 56.1 cm³/mol. The second kappa shape index (κ2) is 3.49. The molecular weight excluding hydrogens is 246 g/mol. The molecule has 1 aliphatic heterocycles. The summed E-state index contributed by atoms with van der Waals surface area (Å²) < 4.78 is 0.827. The number of amidine groups is 1. The first-order chi connectivity index (χ1) is 6.68. The van der Waals surface area contributed by atoms with Crippen molar-refractivity contribution in [1.29, 1.82) is 0 Å². The summed E-state index contributed by atoms with van der Waals surface area (Å²) >= 11 is 3.35. The van der Waals surface area contributed by atoms with E-state index < -0.39 is 0 Å². The van der Waals surface area contributed by atoms with Crippen molar-refractivity contribution in [3.8, 4) is 0 Å². The van der Waals surface area contributed by atoms with Gasteiger partial charge in [-0.25, -0.2) is 0 Å². The van der Waals surface area contributed by atoms with Gasteiger partial charge in [0.1, 0.15) is 11.7 Å². The van der Waals surface area contributed by atoms with Crippen LogP contribution in [0.4, 0.5) is 0 Å². The Morgan fingerprint density at radius 2 is 2.36 bits per heavy atom. The number of amides is 1. The van der Waals surface area contributed by atoms with E-state index in [1.165, 1.54) is 0 Å². The normalized spacial score (nSPS) is 20.6. The number of nitrogens with zero attached hydrogens (tertiary/aromatic N) is 2. The first-order valence-corrected chi connectivity index (χ1v) is 4.97. The van der Waals surface area contributed by atoms with Crippen molar-refractivity contribution in [2.45, 2.75) is 13.0 Å². The fourth-order valence-corrected chi connectivity index (χ4v) is 1.63. The summed E-state index contributed by atoms with van der Waals surface area (Å²) in [5, 5.41) is 2.68. The molecule has 1 amide bonds. The van der Waals surface area contributed by atoms with Crippen LogP contribution in [0, 0.1) is 0 Å². The second-order valence-corrected chi connectivity index (χ2v) is 3.83. The number of carbonyl (C=O) groups is 1. The van der Waals surface area contributed by atoms with Crippen LogP contribution in [-0.2, 0) is 4.79 Å². The number of hydrogen-bond acceptors (Lipinski definition) is 3. The zero-order valence-electron chi connectivity index (χ0n) is 7.49. The van der Waals surface area contributed by atoms with Gasteiger partial charge in [0, 0.05) is 10.7 Å². The van der Waals surface area contributed by atoms with E-state index in [-0.39, 0.29) is 11.9 Å². The molecule has 1 unspecified atom stereocenters. The summed E-state index contributed by atoms with van der Waals surface area (Å²) in [6, 6.07) is 3.35. The molecule has 0 spiro atoms. The fourth-order valence-electron chi connectivity index (χ4n) is 1.19. The molecule has 0 fully saturated rings. The molecular formula is C9H8BrN3O. The van der Waals surface area contributed by atoms with E-state index in [9.17, 15) is 4.79 Å². The summed E-state index contributed by atoms with van der Waals surface area (Å²) in [6.45, 7) is 1.75. The molecule has 0 bridgehead atoms. The maximum atomic E-state index is 11.2. The fraction of sp³-hybridized carbons (Fsp3) is 0.222. The van der Waals surface area contributed by atoms with Crippen LogP contribution < -0.4 is 5.32 Å². The second-order valence-electron chi connectivity index (χ2n) is 2.98. The van der Waals surface area contributed by atoms with E-state index in [1.807, 2.05) is 12.1 Å². The molecule has 0 aromatic carbocycles. The Hall–Kier alpha value is -1.23. The van der Waals surface area contributed by atoms with Gasteiger partial charge in [0.2, 0.25) is 5.91 Å². The quantitative estimate of drug-likeness (QED) is 0.816. The summed E-state index contributed by atoms with van der Waals surface area (Å²) in [5.41, 5.74) is 0.671. The number of carbonyl (C=O) groups excluding carboxylic acids is 1. The Kier molecular flexibility index (Phi) is 2.33. The maximum Gasteiger partial charge on any atom is 0.250 e. The van der Waals surface area contributed by atoms with Crippen molar-refractivity contribution in [3.63, 3.8) is 0 Å². The van der Waals surface area contributed by atoms with E-state index in [0.29, 0.717) is 11.5 Å². The molecule has 0 radical (unpaired) electrons. The number of halogens is 1. The van der Waals surface area contributed by atoms with Crippen molar-refractivity contribution in [1.82, 2.24) is 10.3 Å². The lowest BCUT2D eigenvalue weighted by Gasteiger charge is -2.01. The van der Waals surface area contributed by atoms with Gasteiger partial charge >= 0.3 is 0 Å². The first kappa shape index (κ1) is 9.33. The third kappa shape index (κ3) is 1.55. The molecule has 0 aliphatic carbocycles. The van der Waals surface area contributed by atoms with E-state index in [0.717, 1.165) is 4.47 Å². The van der Waals surface area contributed by atoms with Gasteiger partial charge in [-0.2, -0.15) is 0 Å². The van der Waals surface area contributed by atoms with Gasteiger partial charge in [-0.15, -0.1) is 0 Å². The molecule has 1 N–H and O–H groups in total. The van der Waals surface area contributed by atoms with Crippen molar-refractivity contribution in [2.24, 2.45) is 4.99 Å². The van der Waals surface area contributed by atoms with Crippen LogP contribution in [0.25, 0.3) is 0 Å². The van der Waals surface area contributed by atoms with Crippen molar-refractivity contribution in [2.75, 3.05) is 0 Å². The minimum atomic E-state index is -0.320. The summed E-state index contributed by atoms with van der Waals surface area (Å²) in [4.78, 5) is 19.5. The summed E-state index contributed by atoms with van der Waals surface area (Å²) in [6.07, 6.45) is 1.66. The minimum absolute atomic E-state index is 0.0856. The Morgan fingerprint density at radius 1 is 1.57 bits per heavy atom. The monoisotopic (exact) mass is 253 g/mol. The lowest BCUT2D eigenvalue weighted by Crippen LogP contribution is -2.28. The van der Waals surface area contributed by atoms with Gasteiger partial charge in [0.25, 0.3) is 0 Å². The van der Waals surface area contributed by atoms with E-state index in [4.69, 9.17) is 0 Å². The minimum Gasteiger partial charge on any atom is -0.307 e. The van der Waals surface area contributed by atoms with Gasteiger partial charge in [0.05, 0.1) is 0 Å². The third-order valence-corrected chi connectivity index (χ3v) is 2.57. The van der Waals surface area contributed by atoms with Gasteiger partial charge in [-0.1, -0.05) is 0 Å². The van der Waals surface area contributed by atoms with Crippen LogP contribution in [0.3, 0.4) is 0 Å². The Balaban J connectivity index is 2.38. The highest BCUT2D eigenvalue weighted by atomic mass is 79.9. The highest BCUT2D eigenvalue weighted by molar-refractivity contribution is 9.10. The number of pyridine rings is 1. The van der Waals surface area contributed by atoms with Crippen LogP contribution in [0.5, 0.6) is 0 Å². The zero-order valence-corrected chi connectivity index (χ0v) is 9.08. The van der Waals surface area contributed by atoms with Crippen LogP contribution >= 0.6 is 15.9 Å². The number of aliphatic imine (C=N–C) groups is 1. The Labute approximate surface area is 89.6 Å². The standard InChI is InChI=1S/C9H8BrN3O/c1-5-9(14)13-8(12-5)7-6(10)3-2-4-11-7/h2-5H,1H3,(H,12,13,14). The van der Waals surface area contributed by atoms with Crippen LogP contribution in [0.1, 0.15) is 12.6 Å². The molecule has 1 aliphatic rings. The Morgan fingerprint density at radius 3 is 2.93 bits per heavy atom. The Bertz CT molecular complexity index is 416. The number of rotatable bonds is 1. The van der Waals surface area contributed by atoms with Gasteiger partial charge < -0.3 is 5.32 Å². The van der Waals surface area contributed by atoms with Gasteiger partial charge in [0.15, 0.2) is 5.84 Å². The first-order valence-electron chi connectivity index (χ1n) is 4.18. The van der Waals surface area contributed by atoms with E-state index in [2.05, 4.69) is 31.2 Å². The lowest BCUT2D eigenvalue weighted by molar-refractivity contribution is -0.119. The molecule has 0 saturated carbocycles. The van der Waals surface area contributed by atoms with Gasteiger partial charge in [-0.3, -0.25) is 14.8 Å². The largest absolute Gasteiger partial charge is 0.307 e. The number of hydrogen-bond donors (Lipinski definition) is 1. The van der Waals surface area contributed by atoms with Crippen LogP contribution in [0.2, 0.25) is 0 Å². The maximum absolute atomic E-state index is 11.2. The molecule has 0 saturated heterocycles. The molecule has 1 aromatic heterocycles. The van der Waals surface area contributed by atoms with Crippen LogP contribution in [-0.4, -0.2) is 22.8 Å². The van der Waals surface area contributed by atoms with Crippen molar-refractivity contribution in [3.05, 3.63) is 28.5 Å². The number of nitrogens with one attached hydrogen (secondary N) is 1. The molecule has 1 aromatic rings. The molecule has 5 heteroatoms. The molecule has 2 heterocycles. The van der Waals surface area contributed by atoms with Crippen LogP contribution in [0.15, 0.2) is 27.8 Å². The average Bonchev–Trinajstić information content (AvgIpc) is 2.48. The summed E-state index contributed by atoms with van der Waals surface area (Å²) in [7, 11) is 0. The van der Waals surface area contributed by atoms with Crippen molar-refractivity contribution < 1.29 is 4.79 Å².